The molecule has 43 valence electrons. The van der Waals surface area contributed by atoms with Crippen molar-refractivity contribution in [2.24, 2.45) is 0 Å². The maximum Gasteiger partial charge on any atom is 0 e. The zero-order chi connectivity index (χ0) is 5.58. The SMILES string of the molecule is C[PH](C)=[W].[CH2-]C.[Y]. The van der Waals surface area contributed by atoms with E-state index in [1.165, 1.54) is 0 Å². The minimum atomic E-state index is 0. The van der Waals surface area contributed by atoms with Gasteiger partial charge >= 0.3 is 37.7 Å². The van der Waals surface area contributed by atoms with Gasteiger partial charge in [-0.25, -0.2) is 0 Å². The largest absolute Gasteiger partial charge is 0.346 e. The fraction of sp³-hybridized carbons (Fsp3) is 0.750. The smallest absolute Gasteiger partial charge is 0 e. The summed E-state index contributed by atoms with van der Waals surface area (Å²) in [7, 11) is 0. The van der Waals surface area contributed by atoms with Crippen LogP contribution in [0.4, 0.5) is 0 Å². The van der Waals surface area contributed by atoms with E-state index in [1.54, 1.807) is 25.7 Å². The summed E-state index contributed by atoms with van der Waals surface area (Å²) in [5.74, 6) is 0. The van der Waals surface area contributed by atoms with Crippen molar-refractivity contribution in [3.63, 3.8) is 0 Å². The fourth-order valence-corrected chi connectivity index (χ4v) is 0. The Kier molecular flexibility index (Phi) is 36.2. The Labute approximate surface area is 83.2 Å². The first kappa shape index (κ1) is 16.1. The third-order valence-corrected chi connectivity index (χ3v) is 0. The van der Waals surface area contributed by atoms with E-state index < -0.39 is 0 Å². The number of hydrogen-bond acceptors (Lipinski definition) is 0. The fourth-order valence-electron chi connectivity index (χ4n) is 0. The second-order valence-corrected chi connectivity index (χ2v) is 11.5. The van der Waals surface area contributed by atoms with Crippen LogP contribution in [0.1, 0.15) is 6.92 Å². The molecule has 0 aromatic rings. The summed E-state index contributed by atoms with van der Waals surface area (Å²) in [6.45, 7) is 9.61. The van der Waals surface area contributed by atoms with Crippen LogP contribution in [0, 0.1) is 6.92 Å². The summed E-state index contributed by atoms with van der Waals surface area (Å²) in [4.78, 5) is 0. The van der Waals surface area contributed by atoms with E-state index >= 15 is 0 Å². The Morgan fingerprint density at radius 2 is 1.29 bits per heavy atom. The third kappa shape index (κ3) is 64.5. The van der Waals surface area contributed by atoms with E-state index in [9.17, 15) is 0 Å². The molecule has 0 atom stereocenters. The first-order chi connectivity index (χ1) is 2.73. The van der Waals surface area contributed by atoms with Gasteiger partial charge in [0, 0.05) is 32.7 Å². The van der Waals surface area contributed by atoms with Gasteiger partial charge in [-0.1, -0.05) is 0 Å². The Balaban J connectivity index is -0.0000000480. The first-order valence-corrected chi connectivity index (χ1v) is 8.72. The molecule has 0 nitrogen and oxygen atoms in total. The zero-order valence-electron chi connectivity index (χ0n) is 5.19. The molecule has 0 aromatic heterocycles. The van der Waals surface area contributed by atoms with Gasteiger partial charge in [0.2, 0.25) is 0 Å². The molecule has 0 saturated heterocycles. The van der Waals surface area contributed by atoms with E-state index in [1.807, 2.05) is 0 Å². The quantitative estimate of drug-likeness (QED) is 0.454. The summed E-state index contributed by atoms with van der Waals surface area (Å²) in [5.41, 5.74) is 0.204. The van der Waals surface area contributed by atoms with Gasteiger partial charge in [0.25, 0.3) is 0 Å². The monoisotopic (exact) mass is 364 g/mol. The van der Waals surface area contributed by atoms with E-state index in [2.05, 4.69) is 20.3 Å². The van der Waals surface area contributed by atoms with Crippen molar-refractivity contribution < 1.29 is 51.5 Å². The van der Waals surface area contributed by atoms with Gasteiger partial charge in [0.1, 0.15) is 0 Å². The summed E-state index contributed by atoms with van der Waals surface area (Å²) < 4.78 is 0. The Bertz CT molecular complexity index is 34.7. The Hall–Kier alpha value is 2.22. The van der Waals surface area contributed by atoms with Crippen molar-refractivity contribution in [3.8, 4) is 0 Å². The van der Waals surface area contributed by atoms with Gasteiger partial charge < -0.3 is 6.92 Å². The molecule has 0 aromatic carbocycles. The standard InChI is InChI=1S/C2H7P.C2H5.W.Y/c1-3-2;1-2;;/h3H,1-2H3;1H2,2H3;;/q;-1;;. The van der Waals surface area contributed by atoms with Crippen LogP contribution in [0.2, 0.25) is 0 Å². The first-order valence-electron chi connectivity index (χ1n) is 1.91. The second kappa shape index (κ2) is 15.7. The average molecular weight is 364 g/mol. The van der Waals surface area contributed by atoms with E-state index in [4.69, 9.17) is 0 Å². The molecule has 0 bridgehead atoms. The molecule has 0 unspecified atom stereocenters. The van der Waals surface area contributed by atoms with Crippen LogP contribution >= 0.6 is 5.56 Å². The van der Waals surface area contributed by atoms with Crippen molar-refractivity contribution in [3.05, 3.63) is 6.92 Å². The molecular weight excluding hydrogens is 352 g/mol. The molecule has 3 heteroatoms. The van der Waals surface area contributed by atoms with Crippen LogP contribution in [-0.2, 0) is 51.5 Å². The molecule has 0 aliphatic carbocycles. The normalized spacial score (nSPS) is 5.86. The van der Waals surface area contributed by atoms with Crippen LogP contribution in [0.15, 0.2) is 0 Å². The van der Waals surface area contributed by atoms with Gasteiger partial charge in [-0.2, -0.15) is 6.92 Å². The topological polar surface area (TPSA) is 0 Å². The van der Waals surface area contributed by atoms with Gasteiger partial charge in [-0.05, 0) is 0 Å². The average Bonchev–Trinajstić information content (AvgIpc) is 1.41. The molecule has 0 spiro atoms. The molecular formula is C4H12PWY-. The van der Waals surface area contributed by atoms with Crippen molar-refractivity contribution in [1.82, 2.24) is 0 Å². The van der Waals surface area contributed by atoms with Gasteiger partial charge in [0.15, 0.2) is 0 Å². The molecule has 1 radical (unpaired) electrons. The van der Waals surface area contributed by atoms with Crippen LogP contribution in [-0.4, -0.2) is 13.3 Å². The summed E-state index contributed by atoms with van der Waals surface area (Å²) in [6, 6.07) is 0. The van der Waals surface area contributed by atoms with Crippen LogP contribution in [0.5, 0.6) is 0 Å². The van der Waals surface area contributed by atoms with Crippen molar-refractivity contribution in [1.29, 1.82) is 0 Å². The van der Waals surface area contributed by atoms with Crippen molar-refractivity contribution >= 4 is 5.56 Å². The van der Waals surface area contributed by atoms with Gasteiger partial charge in [-0.15, -0.1) is 0 Å². The zero-order valence-corrected chi connectivity index (χ0v) is 12.0. The predicted octanol–water partition coefficient (Wildman–Crippen LogP) is 1.76. The molecule has 7 heavy (non-hydrogen) atoms. The summed E-state index contributed by atoms with van der Waals surface area (Å²) >= 11 is 1.78. The maximum atomic E-state index is 3.25. The number of hydrogen-bond donors (Lipinski definition) is 0. The van der Waals surface area contributed by atoms with Crippen molar-refractivity contribution in [2.45, 2.75) is 6.92 Å². The van der Waals surface area contributed by atoms with Crippen LogP contribution < -0.4 is 0 Å². The van der Waals surface area contributed by atoms with Gasteiger partial charge in [0.05, 0.1) is 0 Å². The molecule has 0 amide bonds. The van der Waals surface area contributed by atoms with E-state index in [0.29, 0.717) is 0 Å². The molecule has 0 aliphatic rings. The Morgan fingerprint density at radius 3 is 1.29 bits per heavy atom. The van der Waals surface area contributed by atoms with Crippen LogP contribution in [0.3, 0.4) is 0 Å². The maximum absolute atomic E-state index is 3.25. The van der Waals surface area contributed by atoms with E-state index in [-0.39, 0.29) is 38.3 Å². The Morgan fingerprint density at radius 1 is 1.29 bits per heavy atom. The minimum absolute atomic E-state index is 0. The summed E-state index contributed by atoms with van der Waals surface area (Å²) in [6.07, 6.45) is 0. The van der Waals surface area contributed by atoms with Crippen molar-refractivity contribution in [2.75, 3.05) is 13.3 Å². The van der Waals surface area contributed by atoms with Crippen LogP contribution in [0.25, 0.3) is 0 Å². The van der Waals surface area contributed by atoms with E-state index in [0.717, 1.165) is 0 Å². The molecule has 0 aliphatic heterocycles. The van der Waals surface area contributed by atoms with Gasteiger partial charge in [-0.3, -0.25) is 0 Å². The molecule has 0 fully saturated rings. The minimum Gasteiger partial charge on any atom is -0.346 e. The predicted molar refractivity (Wildman–Crippen MR) is 31.2 cm³/mol. The molecule has 0 N–H and O–H groups in total. The molecule has 0 heterocycles. The molecule has 0 saturated carbocycles. The second-order valence-electron chi connectivity index (χ2n) is 0.908. The number of rotatable bonds is 0. The molecule has 0 rings (SSSR count). The summed E-state index contributed by atoms with van der Waals surface area (Å²) in [5, 5.41) is 0. The third-order valence-electron chi connectivity index (χ3n) is 0.